The van der Waals surface area contributed by atoms with Gasteiger partial charge in [0.25, 0.3) is 0 Å². The zero-order valence-corrected chi connectivity index (χ0v) is 11.7. The van der Waals surface area contributed by atoms with E-state index in [1.165, 1.54) is 17.8 Å². The maximum atomic E-state index is 11.4. The van der Waals surface area contributed by atoms with E-state index in [0.717, 1.165) is 24.1 Å². The number of alkyl halides is 1. The van der Waals surface area contributed by atoms with Crippen molar-refractivity contribution in [2.75, 3.05) is 23.9 Å². The topological polar surface area (TPSA) is 33.2 Å². The second kappa shape index (κ2) is 5.36. The fourth-order valence-electron chi connectivity index (χ4n) is 2.11. The molecule has 0 N–H and O–H groups in total. The summed E-state index contributed by atoms with van der Waals surface area (Å²) in [5, 5.41) is 2.77. The molecule has 2 heterocycles. The van der Waals surface area contributed by atoms with Gasteiger partial charge in [-0.25, -0.2) is 4.98 Å². The zero-order chi connectivity index (χ0) is 12.4. The number of thiazole rings is 1. The van der Waals surface area contributed by atoms with Crippen molar-refractivity contribution in [2.24, 2.45) is 11.8 Å². The highest BCUT2D eigenvalue weighted by molar-refractivity contribution is 7.14. The smallest absolute Gasteiger partial charge is 0.196 e. The van der Waals surface area contributed by atoms with E-state index in [4.69, 9.17) is 11.6 Å². The van der Waals surface area contributed by atoms with Gasteiger partial charge >= 0.3 is 0 Å². The van der Waals surface area contributed by atoms with E-state index in [1.54, 1.807) is 0 Å². The third kappa shape index (κ3) is 2.80. The molecule has 2 rings (SSSR count). The summed E-state index contributed by atoms with van der Waals surface area (Å²) in [5.41, 5.74) is 0.507. The Hall–Kier alpha value is -0.610. The third-order valence-electron chi connectivity index (χ3n) is 3.34. The molecule has 0 saturated carbocycles. The lowest BCUT2D eigenvalue weighted by atomic mass is 9.95. The molecule has 17 heavy (non-hydrogen) atoms. The maximum absolute atomic E-state index is 11.4. The average Bonchev–Trinajstić information content (AvgIpc) is 2.95. The van der Waals surface area contributed by atoms with Crippen molar-refractivity contribution >= 4 is 33.9 Å². The molecule has 0 aliphatic carbocycles. The van der Waals surface area contributed by atoms with Crippen molar-refractivity contribution in [3.05, 3.63) is 11.1 Å². The highest BCUT2D eigenvalue weighted by Gasteiger charge is 2.26. The largest absolute Gasteiger partial charge is 0.348 e. The lowest BCUT2D eigenvalue weighted by Gasteiger charge is -2.16. The fourth-order valence-corrected chi connectivity index (χ4v) is 3.12. The molecule has 0 aromatic carbocycles. The normalized spacial score (nSPS) is 20.2. The van der Waals surface area contributed by atoms with Gasteiger partial charge in [0.05, 0.1) is 5.88 Å². The highest BCUT2D eigenvalue weighted by atomic mass is 35.5. The second-order valence-corrected chi connectivity index (χ2v) is 5.91. The SMILES string of the molecule is CC(C)C1CCN(c2nc(C(=O)CCl)cs2)C1. The van der Waals surface area contributed by atoms with Crippen LogP contribution >= 0.6 is 22.9 Å². The van der Waals surface area contributed by atoms with Crippen molar-refractivity contribution in [3.8, 4) is 0 Å². The number of hydrogen-bond acceptors (Lipinski definition) is 4. The molecule has 1 aliphatic rings. The van der Waals surface area contributed by atoms with Crippen LogP contribution in [0.4, 0.5) is 5.13 Å². The van der Waals surface area contributed by atoms with Crippen LogP contribution in [0, 0.1) is 11.8 Å². The number of Topliss-reactive ketones (excluding diaryl/α,β-unsaturated/α-hetero) is 1. The number of anilines is 1. The summed E-state index contributed by atoms with van der Waals surface area (Å²) >= 11 is 7.06. The molecule has 1 fully saturated rings. The van der Waals surface area contributed by atoms with Crippen molar-refractivity contribution in [2.45, 2.75) is 20.3 Å². The first-order chi connectivity index (χ1) is 8.11. The Bertz CT molecular complexity index is 405. The molecule has 1 aliphatic heterocycles. The molecule has 1 unspecified atom stereocenters. The summed E-state index contributed by atoms with van der Waals surface area (Å²) in [6, 6.07) is 0. The lowest BCUT2D eigenvalue weighted by Crippen LogP contribution is -2.21. The number of nitrogens with zero attached hydrogens (tertiary/aromatic N) is 2. The Morgan fingerprint density at radius 3 is 3.06 bits per heavy atom. The minimum atomic E-state index is -0.0891. The first kappa shape index (κ1) is 12.8. The molecule has 1 aromatic rings. The minimum absolute atomic E-state index is 0.0117. The highest BCUT2D eigenvalue weighted by Crippen LogP contribution is 2.30. The molecule has 0 bridgehead atoms. The third-order valence-corrected chi connectivity index (χ3v) is 4.48. The van der Waals surface area contributed by atoms with Crippen LogP contribution in [0.3, 0.4) is 0 Å². The van der Waals surface area contributed by atoms with Crippen LogP contribution in [0.2, 0.25) is 0 Å². The van der Waals surface area contributed by atoms with Crippen LogP contribution in [-0.2, 0) is 0 Å². The summed E-state index contributed by atoms with van der Waals surface area (Å²) in [4.78, 5) is 18.1. The molecular formula is C12H17ClN2OS. The predicted molar refractivity (Wildman–Crippen MR) is 72.3 cm³/mol. The summed E-state index contributed by atoms with van der Waals surface area (Å²) in [7, 11) is 0. The Kier molecular flexibility index (Phi) is 4.05. The van der Waals surface area contributed by atoms with E-state index in [0.29, 0.717) is 11.6 Å². The van der Waals surface area contributed by atoms with Crippen LogP contribution in [0.5, 0.6) is 0 Å². The number of aromatic nitrogens is 1. The molecule has 1 aromatic heterocycles. The Morgan fingerprint density at radius 1 is 1.71 bits per heavy atom. The van der Waals surface area contributed by atoms with E-state index < -0.39 is 0 Å². The van der Waals surface area contributed by atoms with Crippen molar-refractivity contribution < 1.29 is 4.79 Å². The molecule has 1 saturated heterocycles. The summed E-state index contributed by atoms with van der Waals surface area (Å²) in [6.45, 7) is 6.63. The Morgan fingerprint density at radius 2 is 2.47 bits per heavy atom. The van der Waals surface area contributed by atoms with E-state index in [-0.39, 0.29) is 11.7 Å². The van der Waals surface area contributed by atoms with Gasteiger partial charge in [-0.2, -0.15) is 0 Å². The molecule has 3 nitrogen and oxygen atoms in total. The van der Waals surface area contributed by atoms with E-state index >= 15 is 0 Å². The van der Waals surface area contributed by atoms with Crippen LogP contribution < -0.4 is 4.90 Å². The van der Waals surface area contributed by atoms with Crippen LogP contribution in [-0.4, -0.2) is 29.7 Å². The van der Waals surface area contributed by atoms with Crippen LogP contribution in [0.25, 0.3) is 0 Å². The standard InChI is InChI=1S/C12H17ClN2OS/c1-8(2)9-3-4-15(6-9)12-14-10(7-17-12)11(16)5-13/h7-9H,3-6H2,1-2H3. The number of halogens is 1. The Labute approximate surface area is 111 Å². The summed E-state index contributed by atoms with van der Waals surface area (Å²) in [6.07, 6.45) is 1.22. The zero-order valence-electron chi connectivity index (χ0n) is 10.1. The Balaban J connectivity index is 2.04. The molecule has 5 heteroatoms. The average molecular weight is 273 g/mol. The molecular weight excluding hydrogens is 256 g/mol. The maximum Gasteiger partial charge on any atom is 0.196 e. The monoisotopic (exact) mass is 272 g/mol. The molecule has 0 amide bonds. The van der Waals surface area contributed by atoms with Gasteiger partial charge in [0, 0.05) is 18.5 Å². The van der Waals surface area contributed by atoms with E-state index in [1.807, 2.05) is 5.38 Å². The van der Waals surface area contributed by atoms with Gasteiger partial charge < -0.3 is 4.90 Å². The molecule has 0 radical (unpaired) electrons. The number of carbonyl (C=O) groups is 1. The van der Waals surface area contributed by atoms with Gasteiger partial charge in [-0.1, -0.05) is 13.8 Å². The quantitative estimate of drug-likeness (QED) is 0.624. The van der Waals surface area contributed by atoms with Gasteiger partial charge in [0.1, 0.15) is 5.69 Å². The first-order valence-electron chi connectivity index (χ1n) is 5.91. The van der Waals surface area contributed by atoms with Gasteiger partial charge in [-0.15, -0.1) is 22.9 Å². The number of carbonyl (C=O) groups excluding carboxylic acids is 1. The summed E-state index contributed by atoms with van der Waals surface area (Å²) in [5.74, 6) is 1.38. The second-order valence-electron chi connectivity index (χ2n) is 4.81. The van der Waals surface area contributed by atoms with Crippen LogP contribution in [0.15, 0.2) is 5.38 Å². The number of hydrogen-bond donors (Lipinski definition) is 0. The first-order valence-corrected chi connectivity index (χ1v) is 7.33. The van der Waals surface area contributed by atoms with Crippen molar-refractivity contribution in [3.63, 3.8) is 0 Å². The molecule has 94 valence electrons. The molecule has 1 atom stereocenters. The van der Waals surface area contributed by atoms with Crippen molar-refractivity contribution in [1.82, 2.24) is 4.98 Å². The van der Waals surface area contributed by atoms with Gasteiger partial charge in [-0.05, 0) is 18.3 Å². The summed E-state index contributed by atoms with van der Waals surface area (Å²) < 4.78 is 0. The van der Waals surface area contributed by atoms with Gasteiger partial charge in [0.15, 0.2) is 10.9 Å². The predicted octanol–water partition coefficient (Wildman–Crippen LogP) is 3.05. The number of rotatable bonds is 4. The molecule has 0 spiro atoms. The van der Waals surface area contributed by atoms with E-state index in [2.05, 4.69) is 23.7 Å². The van der Waals surface area contributed by atoms with Gasteiger partial charge in [-0.3, -0.25) is 4.79 Å². The number of ketones is 1. The van der Waals surface area contributed by atoms with Crippen molar-refractivity contribution in [1.29, 1.82) is 0 Å². The fraction of sp³-hybridized carbons (Fsp3) is 0.667. The minimum Gasteiger partial charge on any atom is -0.348 e. The van der Waals surface area contributed by atoms with Crippen LogP contribution in [0.1, 0.15) is 30.8 Å². The van der Waals surface area contributed by atoms with E-state index in [9.17, 15) is 4.79 Å². The van der Waals surface area contributed by atoms with Gasteiger partial charge in [0.2, 0.25) is 0 Å². The lowest BCUT2D eigenvalue weighted by molar-refractivity contribution is 0.101.